The summed E-state index contributed by atoms with van der Waals surface area (Å²) >= 11 is 0. The first-order chi connectivity index (χ1) is 7.72. The Kier molecular flexibility index (Phi) is 2.87. The first-order valence-corrected chi connectivity index (χ1v) is 5.03. The maximum atomic E-state index is 5.71. The van der Waals surface area contributed by atoms with Crippen LogP contribution < -0.4 is 10.5 Å². The minimum atomic E-state index is -0.170. The third-order valence-corrected chi connectivity index (χ3v) is 2.25. The molecular weight excluding hydrogens is 204 g/mol. The number of ether oxygens (including phenoxy) is 1. The summed E-state index contributed by atoms with van der Waals surface area (Å²) in [5.41, 5.74) is 6.56. The average Bonchev–Trinajstić information content (AvgIpc) is 2.78. The number of methoxy groups -OCH3 is 1. The van der Waals surface area contributed by atoms with Gasteiger partial charge in [0.15, 0.2) is 5.82 Å². The molecule has 0 fully saturated rings. The highest BCUT2D eigenvalue weighted by Crippen LogP contribution is 2.21. The van der Waals surface area contributed by atoms with Crippen LogP contribution in [0.2, 0.25) is 0 Å². The van der Waals surface area contributed by atoms with Crippen LogP contribution in [-0.4, -0.2) is 21.9 Å². The summed E-state index contributed by atoms with van der Waals surface area (Å²) in [6, 6.07) is 7.45. The Labute approximate surface area is 93.9 Å². The van der Waals surface area contributed by atoms with Crippen molar-refractivity contribution in [3.63, 3.8) is 0 Å². The first kappa shape index (κ1) is 10.6. The molecular formula is C11H14N4O. The molecule has 0 aliphatic carbocycles. The van der Waals surface area contributed by atoms with Crippen LogP contribution in [0.25, 0.3) is 5.69 Å². The Morgan fingerprint density at radius 1 is 1.38 bits per heavy atom. The van der Waals surface area contributed by atoms with Crippen molar-refractivity contribution in [2.24, 2.45) is 5.73 Å². The van der Waals surface area contributed by atoms with E-state index in [0.717, 1.165) is 11.4 Å². The fourth-order valence-corrected chi connectivity index (χ4v) is 1.42. The number of para-hydroxylation sites is 2. The van der Waals surface area contributed by atoms with E-state index in [1.165, 1.54) is 0 Å². The van der Waals surface area contributed by atoms with Crippen molar-refractivity contribution >= 4 is 0 Å². The van der Waals surface area contributed by atoms with Gasteiger partial charge in [0.25, 0.3) is 0 Å². The quantitative estimate of drug-likeness (QED) is 0.843. The molecule has 1 aromatic carbocycles. The van der Waals surface area contributed by atoms with Crippen LogP contribution in [0.1, 0.15) is 18.8 Å². The van der Waals surface area contributed by atoms with Gasteiger partial charge in [-0.3, -0.25) is 0 Å². The summed E-state index contributed by atoms with van der Waals surface area (Å²) in [6.45, 7) is 1.85. The molecule has 5 nitrogen and oxygen atoms in total. The zero-order chi connectivity index (χ0) is 11.5. The molecule has 2 aromatic rings. The van der Waals surface area contributed by atoms with E-state index >= 15 is 0 Å². The predicted molar refractivity (Wildman–Crippen MR) is 60.5 cm³/mol. The summed E-state index contributed by atoms with van der Waals surface area (Å²) < 4.78 is 6.91. The van der Waals surface area contributed by atoms with Gasteiger partial charge in [0.1, 0.15) is 17.8 Å². The predicted octanol–water partition coefficient (Wildman–Crippen LogP) is 1.30. The molecule has 84 valence electrons. The van der Waals surface area contributed by atoms with Crippen molar-refractivity contribution in [3.05, 3.63) is 36.4 Å². The number of aromatic nitrogens is 3. The fraction of sp³-hybridized carbons (Fsp3) is 0.273. The second kappa shape index (κ2) is 4.32. The summed E-state index contributed by atoms with van der Waals surface area (Å²) in [5, 5.41) is 4.29. The molecule has 0 radical (unpaired) electrons. The van der Waals surface area contributed by atoms with Crippen molar-refractivity contribution in [1.82, 2.24) is 14.8 Å². The number of rotatable bonds is 3. The maximum absolute atomic E-state index is 5.71. The number of hydrogen-bond donors (Lipinski definition) is 1. The molecule has 0 spiro atoms. The highest BCUT2D eigenvalue weighted by atomic mass is 16.5. The van der Waals surface area contributed by atoms with Crippen molar-refractivity contribution in [1.29, 1.82) is 0 Å². The Morgan fingerprint density at radius 2 is 2.12 bits per heavy atom. The highest BCUT2D eigenvalue weighted by Gasteiger charge is 2.09. The van der Waals surface area contributed by atoms with Crippen LogP contribution in [-0.2, 0) is 0 Å². The Bertz CT molecular complexity index is 478. The molecule has 1 heterocycles. The van der Waals surface area contributed by atoms with Gasteiger partial charge in [-0.1, -0.05) is 12.1 Å². The highest BCUT2D eigenvalue weighted by molar-refractivity contribution is 5.45. The van der Waals surface area contributed by atoms with Crippen molar-refractivity contribution in [3.8, 4) is 11.4 Å². The molecule has 2 N–H and O–H groups in total. The Morgan fingerprint density at radius 3 is 2.75 bits per heavy atom. The minimum absolute atomic E-state index is 0.170. The molecule has 2 rings (SSSR count). The van der Waals surface area contributed by atoms with Gasteiger partial charge in [0.05, 0.1) is 13.2 Å². The van der Waals surface area contributed by atoms with E-state index in [-0.39, 0.29) is 6.04 Å². The van der Waals surface area contributed by atoms with Crippen LogP contribution >= 0.6 is 0 Å². The normalized spacial score (nSPS) is 12.4. The molecule has 0 saturated carbocycles. The summed E-state index contributed by atoms with van der Waals surface area (Å²) in [4.78, 5) is 4.14. The van der Waals surface area contributed by atoms with E-state index in [1.807, 2.05) is 31.2 Å². The van der Waals surface area contributed by atoms with Crippen LogP contribution in [0.15, 0.2) is 30.6 Å². The molecule has 0 bridgehead atoms. The largest absolute Gasteiger partial charge is 0.494 e. The first-order valence-electron chi connectivity index (χ1n) is 5.03. The van der Waals surface area contributed by atoms with E-state index in [2.05, 4.69) is 10.1 Å². The van der Waals surface area contributed by atoms with Crippen molar-refractivity contribution in [2.45, 2.75) is 13.0 Å². The molecule has 1 unspecified atom stereocenters. The van der Waals surface area contributed by atoms with E-state index in [9.17, 15) is 0 Å². The van der Waals surface area contributed by atoms with Crippen molar-refractivity contribution < 1.29 is 4.74 Å². The molecule has 0 saturated heterocycles. The lowest BCUT2D eigenvalue weighted by Crippen LogP contribution is -2.08. The lowest BCUT2D eigenvalue weighted by molar-refractivity contribution is 0.411. The number of benzene rings is 1. The average molecular weight is 218 g/mol. The zero-order valence-electron chi connectivity index (χ0n) is 9.29. The lowest BCUT2D eigenvalue weighted by atomic mass is 10.3. The lowest BCUT2D eigenvalue weighted by Gasteiger charge is -2.06. The smallest absolute Gasteiger partial charge is 0.167 e. The summed E-state index contributed by atoms with van der Waals surface area (Å²) in [7, 11) is 1.63. The minimum Gasteiger partial charge on any atom is -0.494 e. The fourth-order valence-electron chi connectivity index (χ4n) is 1.42. The Hall–Kier alpha value is -1.88. The maximum Gasteiger partial charge on any atom is 0.167 e. The van der Waals surface area contributed by atoms with Crippen LogP contribution in [0, 0.1) is 0 Å². The molecule has 1 aromatic heterocycles. The van der Waals surface area contributed by atoms with Crippen molar-refractivity contribution in [2.75, 3.05) is 7.11 Å². The molecule has 0 amide bonds. The monoisotopic (exact) mass is 218 g/mol. The van der Waals surface area contributed by atoms with Gasteiger partial charge < -0.3 is 10.5 Å². The van der Waals surface area contributed by atoms with Gasteiger partial charge >= 0.3 is 0 Å². The van der Waals surface area contributed by atoms with Gasteiger partial charge in [-0.25, -0.2) is 9.67 Å². The standard InChI is InChI=1S/C11H14N4O/c1-8(12)11-13-7-15(14-11)9-5-3-4-6-10(9)16-2/h3-8H,12H2,1-2H3. The van der Waals surface area contributed by atoms with E-state index in [1.54, 1.807) is 18.1 Å². The number of nitrogens with zero attached hydrogens (tertiary/aromatic N) is 3. The summed E-state index contributed by atoms with van der Waals surface area (Å²) in [6.07, 6.45) is 1.64. The van der Waals surface area contributed by atoms with E-state index < -0.39 is 0 Å². The number of hydrogen-bond acceptors (Lipinski definition) is 4. The van der Waals surface area contributed by atoms with Gasteiger partial charge in [0, 0.05) is 0 Å². The molecule has 16 heavy (non-hydrogen) atoms. The Balaban J connectivity index is 2.42. The van der Waals surface area contributed by atoms with E-state index in [0.29, 0.717) is 5.82 Å². The topological polar surface area (TPSA) is 66.0 Å². The van der Waals surface area contributed by atoms with Crippen LogP contribution in [0.4, 0.5) is 0 Å². The van der Waals surface area contributed by atoms with Crippen LogP contribution in [0.5, 0.6) is 5.75 Å². The summed E-state index contributed by atoms with van der Waals surface area (Å²) in [5.74, 6) is 1.37. The third-order valence-electron chi connectivity index (χ3n) is 2.25. The van der Waals surface area contributed by atoms with Gasteiger partial charge in [-0.15, -0.1) is 5.10 Å². The SMILES string of the molecule is COc1ccccc1-n1cnc(C(C)N)n1. The zero-order valence-corrected chi connectivity index (χ0v) is 9.29. The van der Waals surface area contributed by atoms with Gasteiger partial charge in [-0.05, 0) is 19.1 Å². The molecule has 5 heteroatoms. The molecule has 0 aliphatic rings. The molecule has 0 aliphatic heterocycles. The van der Waals surface area contributed by atoms with E-state index in [4.69, 9.17) is 10.5 Å². The number of nitrogens with two attached hydrogens (primary N) is 1. The second-order valence-corrected chi connectivity index (χ2v) is 3.51. The second-order valence-electron chi connectivity index (χ2n) is 3.51. The third kappa shape index (κ3) is 1.90. The molecule has 1 atom stereocenters. The van der Waals surface area contributed by atoms with Gasteiger partial charge in [-0.2, -0.15) is 0 Å². The van der Waals surface area contributed by atoms with Crippen LogP contribution in [0.3, 0.4) is 0 Å². The van der Waals surface area contributed by atoms with Gasteiger partial charge in [0.2, 0.25) is 0 Å².